The van der Waals surface area contributed by atoms with Gasteiger partial charge in [-0.2, -0.15) is 0 Å². The molecule has 0 fully saturated rings. The van der Waals surface area contributed by atoms with Gasteiger partial charge in [-0.15, -0.1) is 0 Å². The summed E-state index contributed by atoms with van der Waals surface area (Å²) in [5.41, 5.74) is 5.58. The summed E-state index contributed by atoms with van der Waals surface area (Å²) in [6.45, 7) is 8.77. The minimum absolute atomic E-state index is 0.209. The van der Waals surface area contributed by atoms with Crippen LogP contribution in [0.2, 0.25) is 0 Å². The van der Waals surface area contributed by atoms with Gasteiger partial charge in [0.05, 0.1) is 0 Å². The van der Waals surface area contributed by atoms with Crippen LogP contribution in [-0.2, 0) is 0 Å². The Morgan fingerprint density at radius 1 is 1.18 bits per heavy atom. The van der Waals surface area contributed by atoms with Crippen molar-refractivity contribution >= 4 is 11.6 Å². The first-order valence-electron chi connectivity index (χ1n) is 6.14. The Labute approximate surface area is 103 Å². The van der Waals surface area contributed by atoms with E-state index in [1.807, 2.05) is 19.9 Å². The molecular weight excluding hydrogens is 214 g/mol. The lowest BCUT2D eigenvalue weighted by atomic mass is 10.2. The minimum Gasteiger partial charge on any atom is -0.367 e. The van der Waals surface area contributed by atoms with Gasteiger partial charge >= 0.3 is 0 Å². The monoisotopic (exact) mass is 237 g/mol. The SMILES string of the molecule is CCC(C)Nc1cc(NC(C)CN)nc(C)n1. The Hall–Kier alpha value is -1.36. The molecule has 2 atom stereocenters. The molecule has 0 aliphatic heterocycles. The van der Waals surface area contributed by atoms with Crippen molar-refractivity contribution in [3.63, 3.8) is 0 Å². The van der Waals surface area contributed by atoms with Gasteiger partial charge in [-0.05, 0) is 27.2 Å². The zero-order chi connectivity index (χ0) is 12.8. The van der Waals surface area contributed by atoms with E-state index in [1.54, 1.807) is 0 Å². The molecule has 0 radical (unpaired) electrons. The summed E-state index contributed by atoms with van der Waals surface area (Å²) < 4.78 is 0. The maximum absolute atomic E-state index is 5.58. The lowest BCUT2D eigenvalue weighted by Gasteiger charge is -2.16. The van der Waals surface area contributed by atoms with E-state index in [2.05, 4.69) is 34.4 Å². The molecule has 5 nitrogen and oxygen atoms in total. The number of hydrogen-bond donors (Lipinski definition) is 3. The second kappa shape index (κ2) is 6.39. The average molecular weight is 237 g/mol. The molecule has 5 heteroatoms. The number of nitrogens with zero attached hydrogens (tertiary/aromatic N) is 2. The standard InChI is InChI=1S/C12H23N5/c1-5-8(2)14-11-6-12(15-9(3)7-13)17-10(4)16-11/h6,8-9H,5,7,13H2,1-4H3,(H2,14,15,16,17). The first-order chi connectivity index (χ1) is 8.05. The molecule has 17 heavy (non-hydrogen) atoms. The molecule has 0 saturated heterocycles. The predicted octanol–water partition coefficient (Wildman–Crippen LogP) is 1.75. The molecule has 0 saturated carbocycles. The summed E-state index contributed by atoms with van der Waals surface area (Å²) in [6, 6.07) is 2.54. The van der Waals surface area contributed by atoms with Gasteiger partial charge in [-0.1, -0.05) is 6.92 Å². The second-order valence-corrected chi connectivity index (χ2v) is 4.42. The summed E-state index contributed by atoms with van der Waals surface area (Å²) in [7, 11) is 0. The highest BCUT2D eigenvalue weighted by Crippen LogP contribution is 2.13. The molecule has 1 aromatic heterocycles. The lowest BCUT2D eigenvalue weighted by Crippen LogP contribution is -2.26. The third kappa shape index (κ3) is 4.56. The van der Waals surface area contributed by atoms with Gasteiger partial charge in [-0.3, -0.25) is 0 Å². The van der Waals surface area contributed by atoms with Gasteiger partial charge in [0.25, 0.3) is 0 Å². The van der Waals surface area contributed by atoms with Gasteiger partial charge in [0.1, 0.15) is 17.5 Å². The third-order valence-electron chi connectivity index (χ3n) is 2.59. The first-order valence-corrected chi connectivity index (χ1v) is 6.14. The van der Waals surface area contributed by atoms with Crippen LogP contribution in [0.1, 0.15) is 33.0 Å². The van der Waals surface area contributed by atoms with Gasteiger partial charge in [-0.25, -0.2) is 9.97 Å². The number of rotatable bonds is 6. The quantitative estimate of drug-likeness (QED) is 0.703. The Kier molecular flexibility index (Phi) is 5.15. The van der Waals surface area contributed by atoms with Crippen molar-refractivity contribution in [2.45, 2.75) is 46.2 Å². The number of aryl methyl sites for hydroxylation is 1. The molecule has 0 aliphatic carbocycles. The summed E-state index contributed by atoms with van der Waals surface area (Å²) in [5, 5.41) is 6.59. The number of nitrogens with two attached hydrogens (primary N) is 1. The van der Waals surface area contributed by atoms with Crippen molar-refractivity contribution in [3.8, 4) is 0 Å². The van der Waals surface area contributed by atoms with Crippen LogP contribution in [0, 0.1) is 6.92 Å². The van der Waals surface area contributed by atoms with Crippen molar-refractivity contribution in [2.24, 2.45) is 5.73 Å². The molecule has 1 heterocycles. The molecule has 0 bridgehead atoms. The van der Waals surface area contributed by atoms with Crippen molar-refractivity contribution in [1.82, 2.24) is 9.97 Å². The third-order valence-corrected chi connectivity index (χ3v) is 2.59. The number of nitrogens with one attached hydrogen (secondary N) is 2. The highest BCUT2D eigenvalue weighted by molar-refractivity contribution is 5.48. The molecule has 0 amide bonds. The molecular formula is C12H23N5. The van der Waals surface area contributed by atoms with Crippen molar-refractivity contribution < 1.29 is 0 Å². The largest absolute Gasteiger partial charge is 0.367 e. The Bertz CT molecular complexity index is 322. The fourth-order valence-corrected chi connectivity index (χ4v) is 1.38. The van der Waals surface area contributed by atoms with E-state index in [0.29, 0.717) is 12.6 Å². The van der Waals surface area contributed by atoms with E-state index in [0.717, 1.165) is 23.9 Å². The fourth-order valence-electron chi connectivity index (χ4n) is 1.38. The number of hydrogen-bond acceptors (Lipinski definition) is 5. The predicted molar refractivity (Wildman–Crippen MR) is 72.3 cm³/mol. The van der Waals surface area contributed by atoms with E-state index in [4.69, 9.17) is 5.73 Å². The van der Waals surface area contributed by atoms with Crippen molar-refractivity contribution in [1.29, 1.82) is 0 Å². The van der Waals surface area contributed by atoms with E-state index in [-0.39, 0.29) is 6.04 Å². The Morgan fingerprint density at radius 2 is 1.71 bits per heavy atom. The average Bonchev–Trinajstić information content (AvgIpc) is 2.27. The summed E-state index contributed by atoms with van der Waals surface area (Å²) in [5.74, 6) is 2.44. The van der Waals surface area contributed by atoms with Gasteiger partial charge in [0.15, 0.2) is 0 Å². The molecule has 1 aromatic rings. The van der Waals surface area contributed by atoms with Crippen LogP contribution in [-0.4, -0.2) is 28.6 Å². The highest BCUT2D eigenvalue weighted by atomic mass is 15.1. The van der Waals surface area contributed by atoms with Crippen LogP contribution in [0.5, 0.6) is 0 Å². The van der Waals surface area contributed by atoms with Crippen molar-refractivity contribution in [2.75, 3.05) is 17.2 Å². The summed E-state index contributed by atoms with van der Waals surface area (Å²) >= 11 is 0. The normalized spacial score (nSPS) is 14.2. The highest BCUT2D eigenvalue weighted by Gasteiger charge is 2.06. The van der Waals surface area contributed by atoms with Crippen LogP contribution in [0.15, 0.2) is 6.07 Å². The van der Waals surface area contributed by atoms with Gasteiger partial charge in [0.2, 0.25) is 0 Å². The molecule has 96 valence electrons. The molecule has 2 unspecified atom stereocenters. The minimum atomic E-state index is 0.209. The maximum atomic E-state index is 5.58. The maximum Gasteiger partial charge on any atom is 0.132 e. The summed E-state index contributed by atoms with van der Waals surface area (Å²) in [4.78, 5) is 8.70. The van der Waals surface area contributed by atoms with Gasteiger partial charge in [0, 0.05) is 24.7 Å². The number of aromatic nitrogens is 2. The van der Waals surface area contributed by atoms with E-state index in [1.165, 1.54) is 0 Å². The Balaban J connectivity index is 2.79. The zero-order valence-corrected chi connectivity index (χ0v) is 11.1. The van der Waals surface area contributed by atoms with Crippen LogP contribution >= 0.6 is 0 Å². The van der Waals surface area contributed by atoms with E-state index in [9.17, 15) is 0 Å². The van der Waals surface area contributed by atoms with Crippen molar-refractivity contribution in [3.05, 3.63) is 11.9 Å². The van der Waals surface area contributed by atoms with E-state index >= 15 is 0 Å². The first kappa shape index (κ1) is 13.7. The molecule has 1 rings (SSSR count). The van der Waals surface area contributed by atoms with Gasteiger partial charge < -0.3 is 16.4 Å². The number of anilines is 2. The fraction of sp³-hybridized carbons (Fsp3) is 0.667. The molecule has 4 N–H and O–H groups in total. The lowest BCUT2D eigenvalue weighted by molar-refractivity contribution is 0.755. The molecule has 0 aromatic carbocycles. The van der Waals surface area contributed by atoms with Crippen LogP contribution < -0.4 is 16.4 Å². The van der Waals surface area contributed by atoms with Crippen LogP contribution in [0.4, 0.5) is 11.6 Å². The molecule has 0 spiro atoms. The second-order valence-electron chi connectivity index (χ2n) is 4.42. The smallest absolute Gasteiger partial charge is 0.132 e. The van der Waals surface area contributed by atoms with Crippen LogP contribution in [0.25, 0.3) is 0 Å². The topological polar surface area (TPSA) is 75.9 Å². The molecule has 0 aliphatic rings. The summed E-state index contributed by atoms with van der Waals surface area (Å²) in [6.07, 6.45) is 1.06. The Morgan fingerprint density at radius 3 is 2.18 bits per heavy atom. The van der Waals surface area contributed by atoms with Crippen LogP contribution in [0.3, 0.4) is 0 Å². The zero-order valence-electron chi connectivity index (χ0n) is 11.1. The van der Waals surface area contributed by atoms with E-state index < -0.39 is 0 Å².